The van der Waals surface area contributed by atoms with Crippen LogP contribution in [0.2, 0.25) is 0 Å². The SMILES string of the molecule is CCn1cc(/C(Cl)=N/O)c2ccc(OC)cc21. The minimum Gasteiger partial charge on any atom is -0.497 e. The maximum absolute atomic E-state index is 8.75. The number of fused-ring (bicyclic) bond motifs is 1. The molecule has 2 aromatic rings. The molecule has 0 saturated carbocycles. The van der Waals surface area contributed by atoms with Crippen LogP contribution in [0.4, 0.5) is 0 Å². The van der Waals surface area contributed by atoms with Gasteiger partial charge >= 0.3 is 0 Å². The van der Waals surface area contributed by atoms with Crippen LogP contribution in [0.3, 0.4) is 0 Å². The average molecular weight is 253 g/mol. The van der Waals surface area contributed by atoms with Crippen molar-refractivity contribution in [2.75, 3.05) is 7.11 Å². The van der Waals surface area contributed by atoms with E-state index in [1.54, 1.807) is 7.11 Å². The molecule has 1 N–H and O–H groups in total. The second-order valence-corrected chi connectivity index (χ2v) is 3.96. The van der Waals surface area contributed by atoms with Crippen LogP contribution in [0.15, 0.2) is 29.6 Å². The Kier molecular flexibility index (Phi) is 3.24. The maximum Gasteiger partial charge on any atom is 0.177 e. The summed E-state index contributed by atoms with van der Waals surface area (Å²) in [7, 11) is 1.63. The molecular formula is C12H13ClN2O2. The molecule has 0 saturated heterocycles. The second-order valence-electron chi connectivity index (χ2n) is 3.60. The summed E-state index contributed by atoms with van der Waals surface area (Å²) in [6, 6.07) is 5.69. The first-order chi connectivity index (χ1) is 8.21. The summed E-state index contributed by atoms with van der Waals surface area (Å²) in [5, 5.41) is 12.8. The van der Waals surface area contributed by atoms with E-state index in [4.69, 9.17) is 21.5 Å². The zero-order valence-corrected chi connectivity index (χ0v) is 10.4. The molecule has 0 bridgehead atoms. The van der Waals surface area contributed by atoms with Crippen molar-refractivity contribution in [1.29, 1.82) is 0 Å². The number of oxime groups is 1. The zero-order chi connectivity index (χ0) is 12.4. The fourth-order valence-electron chi connectivity index (χ4n) is 1.88. The van der Waals surface area contributed by atoms with Crippen LogP contribution in [0, 0.1) is 0 Å². The topological polar surface area (TPSA) is 46.8 Å². The Morgan fingerprint density at radius 2 is 2.29 bits per heavy atom. The number of methoxy groups -OCH3 is 1. The lowest BCUT2D eigenvalue weighted by Gasteiger charge is -2.03. The molecule has 0 fully saturated rings. The molecule has 4 nitrogen and oxygen atoms in total. The van der Waals surface area contributed by atoms with Gasteiger partial charge in [0.25, 0.3) is 0 Å². The number of halogens is 1. The van der Waals surface area contributed by atoms with Crippen molar-refractivity contribution in [2.45, 2.75) is 13.5 Å². The molecule has 1 aromatic heterocycles. The van der Waals surface area contributed by atoms with E-state index < -0.39 is 0 Å². The van der Waals surface area contributed by atoms with Gasteiger partial charge in [0.1, 0.15) is 5.75 Å². The Labute approximate surface area is 104 Å². The van der Waals surface area contributed by atoms with E-state index in [1.165, 1.54) is 0 Å². The molecule has 0 amide bonds. The Balaban J connectivity index is 2.72. The summed E-state index contributed by atoms with van der Waals surface area (Å²) in [4.78, 5) is 0. The maximum atomic E-state index is 8.75. The monoisotopic (exact) mass is 252 g/mol. The fourth-order valence-corrected chi connectivity index (χ4v) is 2.03. The van der Waals surface area contributed by atoms with Gasteiger partial charge in [-0.1, -0.05) is 16.8 Å². The van der Waals surface area contributed by atoms with Gasteiger partial charge in [0.2, 0.25) is 0 Å². The van der Waals surface area contributed by atoms with Gasteiger partial charge < -0.3 is 14.5 Å². The van der Waals surface area contributed by atoms with Crippen LogP contribution in [0.1, 0.15) is 12.5 Å². The fraction of sp³-hybridized carbons (Fsp3) is 0.250. The van der Waals surface area contributed by atoms with Crippen molar-refractivity contribution in [3.8, 4) is 5.75 Å². The van der Waals surface area contributed by atoms with Crippen LogP contribution in [-0.4, -0.2) is 22.1 Å². The Morgan fingerprint density at radius 3 is 2.88 bits per heavy atom. The third-order valence-corrected chi connectivity index (χ3v) is 3.02. The predicted octanol–water partition coefficient (Wildman–Crippen LogP) is 3.04. The molecule has 2 rings (SSSR count). The highest BCUT2D eigenvalue weighted by Crippen LogP contribution is 2.27. The van der Waals surface area contributed by atoms with Crippen molar-refractivity contribution in [1.82, 2.24) is 4.57 Å². The zero-order valence-electron chi connectivity index (χ0n) is 9.64. The van der Waals surface area contributed by atoms with Crippen molar-refractivity contribution in [3.05, 3.63) is 30.0 Å². The largest absolute Gasteiger partial charge is 0.497 e. The summed E-state index contributed by atoms with van der Waals surface area (Å²) in [6.07, 6.45) is 1.87. The van der Waals surface area contributed by atoms with E-state index >= 15 is 0 Å². The minimum absolute atomic E-state index is 0.0902. The van der Waals surface area contributed by atoms with E-state index in [2.05, 4.69) is 5.16 Å². The van der Waals surface area contributed by atoms with E-state index in [1.807, 2.05) is 35.9 Å². The molecule has 90 valence electrons. The first-order valence-corrected chi connectivity index (χ1v) is 5.63. The number of aromatic nitrogens is 1. The number of benzene rings is 1. The Hall–Kier alpha value is -1.68. The third kappa shape index (κ3) is 1.96. The molecule has 1 heterocycles. The van der Waals surface area contributed by atoms with E-state index in [9.17, 15) is 0 Å². The highest BCUT2D eigenvalue weighted by Gasteiger charge is 2.12. The number of ether oxygens (including phenoxy) is 1. The number of rotatable bonds is 3. The van der Waals surface area contributed by atoms with Crippen molar-refractivity contribution >= 4 is 27.7 Å². The van der Waals surface area contributed by atoms with Crippen LogP contribution in [0.5, 0.6) is 5.75 Å². The van der Waals surface area contributed by atoms with Gasteiger partial charge in [0, 0.05) is 29.8 Å². The smallest absolute Gasteiger partial charge is 0.177 e. The minimum atomic E-state index is 0.0902. The molecular weight excluding hydrogens is 240 g/mol. The van der Waals surface area contributed by atoms with Gasteiger partial charge in [0.05, 0.1) is 12.6 Å². The van der Waals surface area contributed by atoms with Gasteiger partial charge in [-0.25, -0.2) is 0 Å². The molecule has 1 aromatic carbocycles. The lowest BCUT2D eigenvalue weighted by atomic mass is 10.2. The molecule has 0 radical (unpaired) electrons. The van der Waals surface area contributed by atoms with Gasteiger partial charge in [-0.05, 0) is 19.1 Å². The normalized spacial score (nSPS) is 12.1. The summed E-state index contributed by atoms with van der Waals surface area (Å²) >= 11 is 5.87. The van der Waals surface area contributed by atoms with Gasteiger partial charge in [-0.3, -0.25) is 0 Å². The number of hydrogen-bond acceptors (Lipinski definition) is 3. The molecule has 0 unspecified atom stereocenters. The summed E-state index contributed by atoms with van der Waals surface area (Å²) in [6.45, 7) is 2.84. The van der Waals surface area contributed by atoms with Crippen LogP contribution >= 0.6 is 11.6 Å². The quantitative estimate of drug-likeness (QED) is 0.518. The van der Waals surface area contributed by atoms with Crippen molar-refractivity contribution < 1.29 is 9.94 Å². The first kappa shape index (κ1) is 11.8. The summed E-state index contributed by atoms with van der Waals surface area (Å²) in [5.41, 5.74) is 1.72. The lowest BCUT2D eigenvalue weighted by Crippen LogP contribution is -1.92. The molecule has 5 heteroatoms. The third-order valence-electron chi connectivity index (χ3n) is 2.74. The van der Waals surface area contributed by atoms with Gasteiger partial charge in [-0.15, -0.1) is 0 Å². The standard InChI is InChI=1S/C12H13ClN2O2/c1-3-15-7-10(12(13)14-16)9-5-4-8(17-2)6-11(9)15/h4-7,16H,3H2,1-2H3/b14-12-. The van der Waals surface area contributed by atoms with E-state index in [0.29, 0.717) is 5.56 Å². The van der Waals surface area contributed by atoms with Crippen LogP contribution in [-0.2, 0) is 6.54 Å². The Bertz CT molecular complexity index is 575. The lowest BCUT2D eigenvalue weighted by molar-refractivity contribution is 0.321. The molecule has 0 aliphatic rings. The predicted molar refractivity (Wildman–Crippen MR) is 68.3 cm³/mol. The summed E-state index contributed by atoms with van der Waals surface area (Å²) < 4.78 is 7.22. The van der Waals surface area contributed by atoms with Crippen LogP contribution < -0.4 is 4.74 Å². The van der Waals surface area contributed by atoms with E-state index in [0.717, 1.165) is 23.2 Å². The highest BCUT2D eigenvalue weighted by molar-refractivity contribution is 6.70. The number of aryl methyl sites for hydroxylation is 1. The molecule has 0 spiro atoms. The highest BCUT2D eigenvalue weighted by atomic mass is 35.5. The molecule has 0 aliphatic heterocycles. The second kappa shape index (κ2) is 4.67. The molecule has 0 atom stereocenters. The molecule has 0 aliphatic carbocycles. The summed E-state index contributed by atoms with van der Waals surface area (Å²) in [5.74, 6) is 0.786. The van der Waals surface area contributed by atoms with E-state index in [-0.39, 0.29) is 5.17 Å². The van der Waals surface area contributed by atoms with Crippen molar-refractivity contribution in [2.24, 2.45) is 5.16 Å². The first-order valence-electron chi connectivity index (χ1n) is 5.26. The number of hydrogen-bond donors (Lipinski definition) is 1. The van der Waals surface area contributed by atoms with Crippen molar-refractivity contribution in [3.63, 3.8) is 0 Å². The Morgan fingerprint density at radius 1 is 1.53 bits per heavy atom. The molecule has 17 heavy (non-hydrogen) atoms. The average Bonchev–Trinajstić information content (AvgIpc) is 2.75. The van der Waals surface area contributed by atoms with Crippen LogP contribution in [0.25, 0.3) is 10.9 Å². The van der Waals surface area contributed by atoms with Gasteiger partial charge in [-0.2, -0.15) is 0 Å². The number of nitrogens with zero attached hydrogens (tertiary/aromatic N) is 2. The van der Waals surface area contributed by atoms with Gasteiger partial charge in [0.15, 0.2) is 5.17 Å².